The highest BCUT2D eigenvalue weighted by molar-refractivity contribution is 9.09. The Morgan fingerprint density at radius 1 is 0.933 bits per heavy atom. The van der Waals surface area contributed by atoms with Gasteiger partial charge >= 0.3 is 0 Å². The lowest BCUT2D eigenvalue weighted by atomic mass is 10.0. The Labute approximate surface area is 106 Å². The molecular weight excluding hydrogens is 332 g/mol. The van der Waals surface area contributed by atoms with Gasteiger partial charge in [0, 0.05) is 16.1 Å². The van der Waals surface area contributed by atoms with Crippen LogP contribution in [0.5, 0.6) is 0 Å². The molecule has 4 nitrogen and oxygen atoms in total. The van der Waals surface area contributed by atoms with E-state index in [1.54, 1.807) is 13.8 Å². The van der Waals surface area contributed by atoms with Gasteiger partial charge in [-0.25, -0.2) is 0 Å². The van der Waals surface area contributed by atoms with Crippen molar-refractivity contribution in [3.05, 3.63) is 0 Å². The van der Waals surface area contributed by atoms with Gasteiger partial charge in [-0.05, 0) is 0 Å². The van der Waals surface area contributed by atoms with Gasteiger partial charge in [0.05, 0.1) is 12.2 Å². The minimum atomic E-state index is -1.68. The van der Waals surface area contributed by atoms with Crippen LogP contribution in [0.25, 0.3) is 0 Å². The third-order valence-corrected chi connectivity index (χ3v) is 4.91. The van der Waals surface area contributed by atoms with E-state index in [1.807, 2.05) is 0 Å². The van der Waals surface area contributed by atoms with E-state index in [0.29, 0.717) is 0 Å². The van der Waals surface area contributed by atoms with Crippen LogP contribution in [0.1, 0.15) is 13.8 Å². The van der Waals surface area contributed by atoms with E-state index < -0.39 is 28.8 Å². The van der Waals surface area contributed by atoms with Gasteiger partial charge in [0.15, 0.2) is 0 Å². The summed E-state index contributed by atoms with van der Waals surface area (Å²) in [7, 11) is 0. The van der Waals surface area contributed by atoms with Crippen molar-refractivity contribution in [2.24, 2.45) is 5.41 Å². The molecule has 1 rings (SSSR count). The normalized spacial score (nSPS) is 42.4. The molecule has 1 aliphatic rings. The van der Waals surface area contributed by atoms with Gasteiger partial charge in [-0.2, -0.15) is 0 Å². The highest BCUT2D eigenvalue weighted by Gasteiger charge is 2.87. The molecule has 0 aromatic rings. The van der Waals surface area contributed by atoms with Crippen molar-refractivity contribution in [2.45, 2.75) is 37.3 Å². The van der Waals surface area contributed by atoms with Crippen molar-refractivity contribution in [1.29, 1.82) is 0 Å². The van der Waals surface area contributed by atoms with Gasteiger partial charge in [0.2, 0.25) is 0 Å². The molecule has 4 N–H and O–H groups in total. The Bertz CT molecular complexity index is 236. The fraction of sp³-hybridized carbons (Fsp3) is 1.00. The first-order valence-electron chi connectivity index (χ1n) is 4.64. The fourth-order valence-electron chi connectivity index (χ4n) is 2.46. The maximum Gasteiger partial charge on any atom is 0.131 e. The average molecular weight is 348 g/mol. The molecule has 90 valence electrons. The summed E-state index contributed by atoms with van der Waals surface area (Å²) in [4.78, 5) is 0. The van der Waals surface area contributed by atoms with E-state index in [0.717, 1.165) is 0 Å². The van der Waals surface area contributed by atoms with E-state index in [9.17, 15) is 20.4 Å². The zero-order valence-corrected chi connectivity index (χ0v) is 11.8. The molecule has 6 heteroatoms. The summed E-state index contributed by atoms with van der Waals surface area (Å²) >= 11 is 6.10. The van der Waals surface area contributed by atoms with Crippen LogP contribution >= 0.6 is 31.9 Å². The molecule has 1 fully saturated rings. The molecule has 0 aromatic heterocycles. The summed E-state index contributed by atoms with van der Waals surface area (Å²) in [5.74, 6) is 0. The van der Waals surface area contributed by atoms with Crippen LogP contribution < -0.4 is 0 Å². The second kappa shape index (κ2) is 3.92. The van der Waals surface area contributed by atoms with Crippen LogP contribution in [-0.2, 0) is 0 Å². The highest BCUT2D eigenvalue weighted by Crippen LogP contribution is 2.68. The first-order valence-corrected chi connectivity index (χ1v) is 6.88. The van der Waals surface area contributed by atoms with Crippen LogP contribution in [0, 0.1) is 5.41 Å². The maximum atomic E-state index is 10.2. The van der Waals surface area contributed by atoms with Crippen molar-refractivity contribution in [1.82, 2.24) is 0 Å². The Morgan fingerprint density at radius 2 is 1.20 bits per heavy atom. The molecular formula is C9H16Br2O4. The second-order valence-corrected chi connectivity index (χ2v) is 5.79. The number of aliphatic hydroxyl groups excluding tert-OH is 2. The maximum absolute atomic E-state index is 10.2. The Hall–Kier alpha value is 0.800. The smallest absolute Gasteiger partial charge is 0.131 e. The van der Waals surface area contributed by atoms with Crippen molar-refractivity contribution >= 4 is 31.9 Å². The van der Waals surface area contributed by atoms with Gasteiger partial charge in [-0.15, -0.1) is 0 Å². The number of aliphatic hydroxyl groups is 4. The Balaban J connectivity index is 3.04. The quantitative estimate of drug-likeness (QED) is 0.540. The monoisotopic (exact) mass is 346 g/mol. The molecule has 0 amide bonds. The van der Waals surface area contributed by atoms with Crippen molar-refractivity contribution < 1.29 is 20.4 Å². The molecule has 4 atom stereocenters. The van der Waals surface area contributed by atoms with Crippen LogP contribution in [0.2, 0.25) is 0 Å². The molecule has 1 aliphatic carbocycles. The number of hydrogen-bond donors (Lipinski definition) is 4. The van der Waals surface area contributed by atoms with E-state index in [1.165, 1.54) is 0 Å². The van der Waals surface area contributed by atoms with Gasteiger partial charge in [0.1, 0.15) is 11.2 Å². The minimum absolute atomic E-state index is 0.143. The standard InChI is InChI=1S/C9H16Br2O4/c1-7(2)8(14,5(12)3-10)9(7,15)6(13)4-11/h5-6,12-15H,3-4H2,1-2H3. The summed E-state index contributed by atoms with van der Waals surface area (Å²) < 4.78 is 0. The highest BCUT2D eigenvalue weighted by atomic mass is 79.9. The number of rotatable bonds is 4. The first-order chi connectivity index (χ1) is 6.71. The number of hydrogen-bond acceptors (Lipinski definition) is 4. The molecule has 0 aliphatic heterocycles. The van der Waals surface area contributed by atoms with Crippen LogP contribution in [0.3, 0.4) is 0 Å². The van der Waals surface area contributed by atoms with E-state index in [4.69, 9.17) is 0 Å². The van der Waals surface area contributed by atoms with Gasteiger partial charge in [0.25, 0.3) is 0 Å². The summed E-state index contributed by atoms with van der Waals surface area (Å²) in [5, 5.41) is 40.1. The SMILES string of the molecule is CC1(C)C(O)(C(O)CBr)C1(O)C(O)CBr. The lowest BCUT2D eigenvalue weighted by Crippen LogP contribution is -2.45. The van der Waals surface area contributed by atoms with Crippen LogP contribution in [0.15, 0.2) is 0 Å². The van der Waals surface area contributed by atoms with Crippen molar-refractivity contribution in [3.63, 3.8) is 0 Å². The summed E-state index contributed by atoms with van der Waals surface area (Å²) in [5.41, 5.74) is -4.31. The lowest BCUT2D eigenvalue weighted by molar-refractivity contribution is -0.0916. The minimum Gasteiger partial charge on any atom is -0.389 e. The molecule has 0 spiro atoms. The largest absolute Gasteiger partial charge is 0.389 e. The third kappa shape index (κ3) is 1.39. The van der Waals surface area contributed by atoms with Gasteiger partial charge in [-0.1, -0.05) is 45.7 Å². The first kappa shape index (κ1) is 13.9. The fourth-order valence-corrected chi connectivity index (χ4v) is 3.40. The molecule has 0 saturated heterocycles. The Morgan fingerprint density at radius 3 is 1.40 bits per heavy atom. The van der Waals surface area contributed by atoms with E-state index in [-0.39, 0.29) is 10.7 Å². The molecule has 0 bridgehead atoms. The summed E-state index contributed by atoms with van der Waals surface area (Å²) in [6, 6.07) is 0. The van der Waals surface area contributed by atoms with E-state index >= 15 is 0 Å². The zero-order chi connectivity index (χ0) is 12.1. The molecule has 0 aromatic carbocycles. The summed E-state index contributed by atoms with van der Waals surface area (Å²) in [6.07, 6.45) is -2.24. The van der Waals surface area contributed by atoms with Gasteiger partial charge in [-0.3, -0.25) is 0 Å². The predicted molar refractivity (Wildman–Crippen MR) is 63.3 cm³/mol. The third-order valence-electron chi connectivity index (χ3n) is 3.68. The zero-order valence-electron chi connectivity index (χ0n) is 8.61. The number of alkyl halides is 2. The van der Waals surface area contributed by atoms with E-state index in [2.05, 4.69) is 31.9 Å². The molecule has 15 heavy (non-hydrogen) atoms. The van der Waals surface area contributed by atoms with Crippen LogP contribution in [-0.4, -0.2) is 54.5 Å². The molecule has 0 heterocycles. The van der Waals surface area contributed by atoms with Crippen molar-refractivity contribution in [3.8, 4) is 0 Å². The van der Waals surface area contributed by atoms with Gasteiger partial charge < -0.3 is 20.4 Å². The summed E-state index contributed by atoms with van der Waals surface area (Å²) in [6.45, 7) is 3.23. The van der Waals surface area contributed by atoms with Crippen molar-refractivity contribution in [2.75, 3.05) is 10.7 Å². The second-order valence-electron chi connectivity index (χ2n) is 4.50. The predicted octanol–water partition coefficient (Wildman–Crippen LogP) is 0.000000000000000111. The topological polar surface area (TPSA) is 80.9 Å². The van der Waals surface area contributed by atoms with Crippen LogP contribution in [0.4, 0.5) is 0 Å². The lowest BCUT2D eigenvalue weighted by Gasteiger charge is -2.23. The number of halogens is 2. The Kier molecular flexibility index (Phi) is 3.63. The molecule has 1 saturated carbocycles. The average Bonchev–Trinajstić information content (AvgIpc) is 2.57. The molecule has 4 unspecified atom stereocenters. The molecule has 0 radical (unpaired) electrons.